The summed E-state index contributed by atoms with van der Waals surface area (Å²) in [6.07, 6.45) is -1.10. The van der Waals surface area contributed by atoms with E-state index in [-0.39, 0.29) is 0 Å². The zero-order chi connectivity index (χ0) is 9.14. The van der Waals surface area contributed by atoms with Crippen molar-refractivity contribution in [1.29, 1.82) is 0 Å². The molecule has 0 saturated carbocycles. The van der Waals surface area contributed by atoms with E-state index in [1.165, 1.54) is 0 Å². The van der Waals surface area contributed by atoms with Crippen LogP contribution in [0.25, 0.3) is 0 Å². The zero-order valence-corrected chi connectivity index (χ0v) is 6.66. The molecule has 0 heterocycles. The van der Waals surface area contributed by atoms with Gasteiger partial charge in [-0.2, -0.15) is 0 Å². The first-order chi connectivity index (χ1) is 5.59. The van der Waals surface area contributed by atoms with Crippen LogP contribution in [0.2, 0.25) is 0 Å². The van der Waals surface area contributed by atoms with Gasteiger partial charge in [-0.3, -0.25) is 5.32 Å². The van der Waals surface area contributed by atoms with Crippen LogP contribution in [0.15, 0.2) is 18.2 Å². The predicted molar refractivity (Wildman–Crippen MR) is 47.2 cm³/mol. The molecule has 4 nitrogen and oxygen atoms in total. The number of carboxylic acid groups (broad SMARTS) is 1. The first-order valence-electron chi connectivity index (χ1n) is 3.45. The smallest absolute Gasteiger partial charge is 0.409 e. The van der Waals surface area contributed by atoms with Crippen molar-refractivity contribution in [3.05, 3.63) is 23.8 Å². The van der Waals surface area contributed by atoms with E-state index >= 15 is 0 Å². The fourth-order valence-corrected chi connectivity index (χ4v) is 0.894. The molecule has 0 saturated heterocycles. The molecular weight excluding hydrogens is 156 g/mol. The Morgan fingerprint density at radius 1 is 1.58 bits per heavy atom. The third-order valence-electron chi connectivity index (χ3n) is 1.45. The number of aryl methyl sites for hydroxylation is 1. The van der Waals surface area contributed by atoms with Crippen LogP contribution in [-0.4, -0.2) is 11.2 Å². The third kappa shape index (κ3) is 1.88. The molecule has 64 valence electrons. The summed E-state index contributed by atoms with van der Waals surface area (Å²) in [4.78, 5) is 10.3. The van der Waals surface area contributed by atoms with Gasteiger partial charge in [-0.25, -0.2) is 4.79 Å². The number of rotatable bonds is 1. The van der Waals surface area contributed by atoms with Gasteiger partial charge >= 0.3 is 6.09 Å². The lowest BCUT2D eigenvalue weighted by molar-refractivity contribution is 0.210. The van der Waals surface area contributed by atoms with E-state index in [0.29, 0.717) is 11.4 Å². The van der Waals surface area contributed by atoms with Crippen molar-refractivity contribution in [2.75, 3.05) is 11.1 Å². The lowest BCUT2D eigenvalue weighted by Crippen LogP contribution is -2.09. The Hall–Kier alpha value is -1.71. The van der Waals surface area contributed by atoms with Gasteiger partial charge in [0.15, 0.2) is 0 Å². The Balaban J connectivity index is 2.97. The number of nitrogens with two attached hydrogens (primary N) is 1. The van der Waals surface area contributed by atoms with Crippen molar-refractivity contribution < 1.29 is 9.90 Å². The zero-order valence-electron chi connectivity index (χ0n) is 6.66. The molecule has 1 aromatic rings. The first-order valence-corrected chi connectivity index (χ1v) is 3.45. The average molecular weight is 166 g/mol. The molecule has 12 heavy (non-hydrogen) atoms. The normalized spacial score (nSPS) is 9.42. The lowest BCUT2D eigenvalue weighted by Gasteiger charge is -2.05. The summed E-state index contributed by atoms with van der Waals surface area (Å²) in [7, 11) is 0. The predicted octanol–water partition coefficient (Wildman–Crippen LogP) is 1.67. The van der Waals surface area contributed by atoms with Gasteiger partial charge in [-0.05, 0) is 24.6 Å². The van der Waals surface area contributed by atoms with Crippen LogP contribution in [0.4, 0.5) is 16.2 Å². The van der Waals surface area contributed by atoms with Gasteiger partial charge in [-0.15, -0.1) is 0 Å². The monoisotopic (exact) mass is 166 g/mol. The summed E-state index contributed by atoms with van der Waals surface area (Å²) >= 11 is 0. The largest absolute Gasteiger partial charge is 0.465 e. The molecule has 0 spiro atoms. The number of anilines is 2. The van der Waals surface area contributed by atoms with Crippen molar-refractivity contribution in [3.8, 4) is 0 Å². The van der Waals surface area contributed by atoms with Gasteiger partial charge in [0.2, 0.25) is 0 Å². The lowest BCUT2D eigenvalue weighted by atomic mass is 10.2. The average Bonchev–Trinajstić information content (AvgIpc) is 1.96. The molecule has 0 aliphatic heterocycles. The second-order valence-corrected chi connectivity index (χ2v) is 2.52. The van der Waals surface area contributed by atoms with Crippen LogP contribution in [0.1, 0.15) is 5.56 Å². The molecule has 0 aliphatic carbocycles. The Kier molecular flexibility index (Phi) is 2.19. The van der Waals surface area contributed by atoms with Crippen LogP contribution in [0.5, 0.6) is 0 Å². The Morgan fingerprint density at radius 2 is 2.25 bits per heavy atom. The van der Waals surface area contributed by atoms with Crippen molar-refractivity contribution in [3.63, 3.8) is 0 Å². The summed E-state index contributed by atoms with van der Waals surface area (Å²) in [5.74, 6) is 0. The minimum Gasteiger partial charge on any atom is -0.465 e. The van der Waals surface area contributed by atoms with Gasteiger partial charge in [0.25, 0.3) is 0 Å². The van der Waals surface area contributed by atoms with Crippen molar-refractivity contribution in [1.82, 2.24) is 0 Å². The summed E-state index contributed by atoms with van der Waals surface area (Å²) in [6.45, 7) is 1.87. The Labute approximate surface area is 70.0 Å². The summed E-state index contributed by atoms with van der Waals surface area (Å²) in [5.41, 5.74) is 7.34. The van der Waals surface area contributed by atoms with Crippen molar-refractivity contribution >= 4 is 17.5 Å². The Morgan fingerprint density at radius 3 is 2.83 bits per heavy atom. The minimum absolute atomic E-state index is 0.433. The molecule has 1 aromatic carbocycles. The number of amides is 1. The van der Waals surface area contributed by atoms with Gasteiger partial charge < -0.3 is 10.8 Å². The topological polar surface area (TPSA) is 75.3 Å². The van der Waals surface area contributed by atoms with Crippen LogP contribution in [0, 0.1) is 6.92 Å². The molecule has 0 aromatic heterocycles. The SMILES string of the molecule is Cc1ccc(N)c(NC(=O)O)c1. The van der Waals surface area contributed by atoms with Gasteiger partial charge in [0.1, 0.15) is 0 Å². The molecule has 1 amide bonds. The van der Waals surface area contributed by atoms with Gasteiger partial charge in [0, 0.05) is 0 Å². The van der Waals surface area contributed by atoms with Crippen LogP contribution in [0.3, 0.4) is 0 Å². The van der Waals surface area contributed by atoms with E-state index in [2.05, 4.69) is 5.32 Å². The second-order valence-electron chi connectivity index (χ2n) is 2.52. The standard InChI is InChI=1S/C8H10N2O2/c1-5-2-3-6(9)7(4-5)10-8(11)12/h2-4,10H,9H2,1H3,(H,11,12). The van der Waals surface area contributed by atoms with E-state index in [0.717, 1.165) is 5.56 Å². The number of hydrogen-bond acceptors (Lipinski definition) is 2. The molecule has 0 unspecified atom stereocenters. The summed E-state index contributed by atoms with van der Waals surface area (Å²) < 4.78 is 0. The van der Waals surface area contributed by atoms with E-state index in [1.807, 2.05) is 13.0 Å². The number of hydrogen-bond donors (Lipinski definition) is 3. The van der Waals surface area contributed by atoms with Crippen LogP contribution >= 0.6 is 0 Å². The number of nitrogen functional groups attached to an aromatic ring is 1. The molecule has 0 radical (unpaired) electrons. The molecule has 1 rings (SSSR count). The number of benzene rings is 1. The van der Waals surface area contributed by atoms with E-state index < -0.39 is 6.09 Å². The maximum absolute atomic E-state index is 10.3. The number of carbonyl (C=O) groups is 1. The quantitative estimate of drug-likeness (QED) is 0.555. The van der Waals surface area contributed by atoms with Crippen molar-refractivity contribution in [2.45, 2.75) is 6.92 Å². The first kappa shape index (κ1) is 8.39. The molecule has 0 aliphatic rings. The molecule has 4 heteroatoms. The second kappa shape index (κ2) is 3.13. The van der Waals surface area contributed by atoms with Crippen LogP contribution in [-0.2, 0) is 0 Å². The number of nitrogens with one attached hydrogen (secondary N) is 1. The van der Waals surface area contributed by atoms with Crippen LogP contribution < -0.4 is 11.1 Å². The summed E-state index contributed by atoms with van der Waals surface area (Å²) in [5, 5.41) is 10.6. The van der Waals surface area contributed by atoms with E-state index in [9.17, 15) is 4.79 Å². The third-order valence-corrected chi connectivity index (χ3v) is 1.45. The highest BCUT2D eigenvalue weighted by Gasteiger charge is 2.01. The fraction of sp³-hybridized carbons (Fsp3) is 0.125. The maximum Gasteiger partial charge on any atom is 0.409 e. The Bertz CT molecular complexity index is 310. The highest BCUT2D eigenvalue weighted by Crippen LogP contribution is 2.18. The maximum atomic E-state index is 10.3. The highest BCUT2D eigenvalue weighted by molar-refractivity contribution is 5.87. The van der Waals surface area contributed by atoms with E-state index in [1.54, 1.807) is 12.1 Å². The minimum atomic E-state index is -1.10. The van der Waals surface area contributed by atoms with E-state index in [4.69, 9.17) is 10.8 Å². The fourth-order valence-electron chi connectivity index (χ4n) is 0.894. The molecule has 4 N–H and O–H groups in total. The molecule has 0 atom stereocenters. The van der Waals surface area contributed by atoms with Crippen molar-refractivity contribution in [2.24, 2.45) is 0 Å². The summed E-state index contributed by atoms with van der Waals surface area (Å²) in [6, 6.07) is 5.17. The van der Waals surface area contributed by atoms with Gasteiger partial charge in [0.05, 0.1) is 11.4 Å². The van der Waals surface area contributed by atoms with Gasteiger partial charge in [-0.1, -0.05) is 6.07 Å². The molecule has 0 bridgehead atoms. The highest BCUT2D eigenvalue weighted by atomic mass is 16.4. The molecular formula is C8H10N2O2. The molecule has 0 fully saturated rings.